The Labute approximate surface area is 172 Å². The van der Waals surface area contributed by atoms with Crippen molar-refractivity contribution in [2.75, 3.05) is 27.9 Å². The van der Waals surface area contributed by atoms with Gasteiger partial charge in [-0.05, 0) is 30.2 Å². The van der Waals surface area contributed by atoms with Gasteiger partial charge in [0.1, 0.15) is 11.4 Å². The average Bonchev–Trinajstić information content (AvgIpc) is 3.13. The van der Waals surface area contributed by atoms with Crippen LogP contribution < -0.4 is 19.5 Å². The van der Waals surface area contributed by atoms with E-state index in [0.29, 0.717) is 51.5 Å². The zero-order valence-electron chi connectivity index (χ0n) is 15.7. The largest absolute Gasteiger partial charge is 0.496 e. The number of benzene rings is 2. The molecule has 0 spiro atoms. The minimum atomic E-state index is -0.246. The molecular weight excluding hydrogens is 403 g/mol. The molecule has 0 atom stereocenters. The second kappa shape index (κ2) is 8.63. The first-order valence-corrected chi connectivity index (χ1v) is 9.27. The Balaban J connectivity index is 1.80. The summed E-state index contributed by atoms with van der Waals surface area (Å²) < 4.78 is 16.2. The van der Waals surface area contributed by atoms with Crippen LogP contribution in [-0.2, 0) is 6.42 Å². The van der Waals surface area contributed by atoms with E-state index in [1.807, 2.05) is 6.07 Å². The third kappa shape index (κ3) is 3.98. The van der Waals surface area contributed by atoms with Gasteiger partial charge in [0.05, 0.1) is 26.8 Å². The second-order valence-corrected chi connectivity index (χ2v) is 6.87. The molecule has 0 radical (unpaired) electrons. The van der Waals surface area contributed by atoms with Crippen molar-refractivity contribution in [3.8, 4) is 17.2 Å². The molecule has 148 valence electrons. The van der Waals surface area contributed by atoms with Crippen molar-refractivity contribution < 1.29 is 19.0 Å². The normalized spacial score (nSPS) is 10.8. The third-order valence-electron chi connectivity index (χ3n) is 4.38. The van der Waals surface area contributed by atoms with Crippen molar-refractivity contribution in [3.05, 3.63) is 51.6 Å². The molecule has 0 aliphatic heterocycles. The number of hydrogen-bond donors (Lipinski definition) is 2. The average molecular weight is 423 g/mol. The van der Waals surface area contributed by atoms with Crippen LogP contribution in [0.3, 0.4) is 0 Å². The van der Waals surface area contributed by atoms with Crippen LogP contribution in [0.5, 0.6) is 17.2 Å². The number of nitrogens with one attached hydrogen (secondary N) is 2. The zero-order valence-corrected chi connectivity index (χ0v) is 17.2. The number of amides is 1. The van der Waals surface area contributed by atoms with Gasteiger partial charge in [0.15, 0.2) is 11.5 Å². The molecule has 1 aromatic heterocycles. The topological polar surface area (TPSA) is 72.6 Å². The smallest absolute Gasteiger partial charge is 0.267 e. The van der Waals surface area contributed by atoms with E-state index in [1.54, 1.807) is 45.6 Å². The second-order valence-electron chi connectivity index (χ2n) is 6.03. The van der Waals surface area contributed by atoms with E-state index in [4.69, 9.17) is 37.4 Å². The molecule has 2 N–H and O–H groups in total. The molecule has 0 unspecified atom stereocenters. The molecule has 1 heterocycles. The summed E-state index contributed by atoms with van der Waals surface area (Å²) in [5.74, 6) is 1.35. The summed E-state index contributed by atoms with van der Waals surface area (Å²) in [7, 11) is 4.64. The van der Waals surface area contributed by atoms with Gasteiger partial charge in [-0.1, -0.05) is 29.3 Å². The van der Waals surface area contributed by atoms with E-state index in [0.717, 1.165) is 10.9 Å². The fourth-order valence-corrected chi connectivity index (χ4v) is 3.49. The minimum Gasteiger partial charge on any atom is -0.496 e. The van der Waals surface area contributed by atoms with Crippen molar-refractivity contribution in [3.63, 3.8) is 0 Å². The van der Waals surface area contributed by atoms with Crippen LogP contribution in [0.4, 0.5) is 0 Å². The number of hydrogen-bond acceptors (Lipinski definition) is 4. The van der Waals surface area contributed by atoms with Gasteiger partial charge in [0.2, 0.25) is 0 Å². The van der Waals surface area contributed by atoms with Crippen molar-refractivity contribution in [1.29, 1.82) is 0 Å². The molecule has 3 rings (SSSR count). The number of halogens is 2. The first kappa shape index (κ1) is 20.2. The lowest BCUT2D eigenvalue weighted by Gasteiger charge is -2.11. The molecule has 0 fully saturated rings. The quantitative estimate of drug-likeness (QED) is 0.588. The number of rotatable bonds is 7. The lowest BCUT2D eigenvalue weighted by molar-refractivity contribution is 0.0950. The first-order chi connectivity index (χ1) is 13.5. The van der Waals surface area contributed by atoms with E-state index in [2.05, 4.69) is 10.3 Å². The van der Waals surface area contributed by atoms with Crippen LogP contribution in [0.15, 0.2) is 30.3 Å². The summed E-state index contributed by atoms with van der Waals surface area (Å²) in [6.07, 6.45) is 0.586. The highest BCUT2D eigenvalue weighted by Gasteiger charge is 2.19. The van der Waals surface area contributed by atoms with Crippen LogP contribution in [-0.4, -0.2) is 38.8 Å². The maximum atomic E-state index is 12.6. The summed E-state index contributed by atoms with van der Waals surface area (Å²) in [6, 6.07) is 8.75. The van der Waals surface area contributed by atoms with Crippen LogP contribution in [0.2, 0.25) is 10.0 Å². The Bertz CT molecular complexity index is 1020. The molecule has 0 saturated carbocycles. The van der Waals surface area contributed by atoms with Crippen molar-refractivity contribution >= 4 is 40.0 Å². The maximum absolute atomic E-state index is 12.6. The Morgan fingerprint density at radius 3 is 2.43 bits per heavy atom. The van der Waals surface area contributed by atoms with Crippen molar-refractivity contribution in [2.45, 2.75) is 6.42 Å². The van der Waals surface area contributed by atoms with E-state index < -0.39 is 0 Å². The molecule has 0 bridgehead atoms. The van der Waals surface area contributed by atoms with Crippen LogP contribution >= 0.6 is 23.2 Å². The number of H-pyrrole nitrogens is 1. The molecule has 0 aliphatic rings. The predicted octanol–water partition coefficient (Wildman–Crippen LogP) is 4.47. The van der Waals surface area contributed by atoms with Gasteiger partial charge in [0.25, 0.3) is 5.91 Å². The zero-order chi connectivity index (χ0) is 20.3. The highest BCUT2D eigenvalue weighted by molar-refractivity contribution is 6.35. The van der Waals surface area contributed by atoms with Gasteiger partial charge in [-0.3, -0.25) is 4.79 Å². The number of carbonyl (C=O) groups is 1. The molecule has 6 nitrogen and oxygen atoms in total. The standard InChI is InChI=1S/C20H20Cl2N2O4/c1-26-16-10-17(27-2)19(28-3)18-13(16)9-15(24-18)20(25)23-7-6-11-4-5-12(21)8-14(11)22/h4-5,8-10,24H,6-7H2,1-3H3,(H,23,25). The Kier molecular flexibility index (Phi) is 6.21. The molecule has 3 aromatic rings. The molecule has 1 amide bonds. The molecular formula is C20H20Cl2N2O4. The Morgan fingerprint density at radius 2 is 1.79 bits per heavy atom. The highest BCUT2D eigenvalue weighted by Crippen LogP contribution is 2.41. The lowest BCUT2D eigenvalue weighted by atomic mass is 10.1. The minimum absolute atomic E-state index is 0.246. The van der Waals surface area contributed by atoms with Crippen LogP contribution in [0.25, 0.3) is 10.9 Å². The predicted molar refractivity (Wildman–Crippen MR) is 110 cm³/mol. The van der Waals surface area contributed by atoms with Crippen LogP contribution in [0, 0.1) is 0 Å². The monoisotopic (exact) mass is 422 g/mol. The molecule has 8 heteroatoms. The summed E-state index contributed by atoms with van der Waals surface area (Å²) in [6.45, 7) is 0.424. The Morgan fingerprint density at radius 1 is 1.04 bits per heavy atom. The summed E-state index contributed by atoms with van der Waals surface area (Å²) in [4.78, 5) is 15.7. The van der Waals surface area contributed by atoms with Crippen molar-refractivity contribution in [1.82, 2.24) is 10.3 Å². The maximum Gasteiger partial charge on any atom is 0.267 e. The highest BCUT2D eigenvalue weighted by atomic mass is 35.5. The lowest BCUT2D eigenvalue weighted by Crippen LogP contribution is -2.26. The number of ether oxygens (including phenoxy) is 3. The van der Waals surface area contributed by atoms with Gasteiger partial charge in [0, 0.05) is 28.0 Å². The third-order valence-corrected chi connectivity index (χ3v) is 4.97. The molecule has 28 heavy (non-hydrogen) atoms. The van der Waals surface area contributed by atoms with Gasteiger partial charge >= 0.3 is 0 Å². The molecule has 0 saturated heterocycles. The number of methoxy groups -OCH3 is 3. The van der Waals surface area contributed by atoms with E-state index in [-0.39, 0.29) is 5.91 Å². The summed E-state index contributed by atoms with van der Waals surface area (Å²) >= 11 is 12.1. The SMILES string of the molecule is COc1cc(OC)c2cc(C(=O)NCCc3ccc(Cl)cc3Cl)[nH]c2c1OC. The number of carbonyl (C=O) groups excluding carboxylic acids is 1. The summed E-state index contributed by atoms with van der Waals surface area (Å²) in [5, 5.41) is 4.76. The van der Waals surface area contributed by atoms with Gasteiger partial charge < -0.3 is 24.5 Å². The molecule has 0 aliphatic carbocycles. The molecule has 2 aromatic carbocycles. The number of aromatic amines is 1. The van der Waals surface area contributed by atoms with E-state index in [1.165, 1.54) is 0 Å². The number of aromatic nitrogens is 1. The first-order valence-electron chi connectivity index (χ1n) is 8.52. The fourth-order valence-electron chi connectivity index (χ4n) is 2.99. The van der Waals surface area contributed by atoms with Crippen LogP contribution in [0.1, 0.15) is 16.1 Å². The van der Waals surface area contributed by atoms with Gasteiger partial charge in [-0.15, -0.1) is 0 Å². The number of fused-ring (bicyclic) bond motifs is 1. The van der Waals surface area contributed by atoms with E-state index in [9.17, 15) is 4.79 Å². The van der Waals surface area contributed by atoms with Gasteiger partial charge in [-0.25, -0.2) is 0 Å². The van der Waals surface area contributed by atoms with E-state index >= 15 is 0 Å². The van der Waals surface area contributed by atoms with Gasteiger partial charge in [-0.2, -0.15) is 0 Å². The fraction of sp³-hybridized carbons (Fsp3) is 0.250. The Hall–Kier alpha value is -2.57. The summed E-state index contributed by atoms with van der Waals surface area (Å²) in [5.41, 5.74) is 1.93. The van der Waals surface area contributed by atoms with Crippen molar-refractivity contribution in [2.24, 2.45) is 0 Å².